The molecule has 2 aromatic carbocycles. The van der Waals surface area contributed by atoms with Crippen LogP contribution in [0.25, 0.3) is 0 Å². The molecule has 3 rings (SSSR count). The Labute approximate surface area is 154 Å². The Morgan fingerprint density at radius 1 is 1.15 bits per heavy atom. The molecule has 0 saturated carbocycles. The van der Waals surface area contributed by atoms with Crippen molar-refractivity contribution < 1.29 is 14.3 Å². The van der Waals surface area contributed by atoms with Crippen LogP contribution in [0.4, 0.5) is 10.5 Å². The summed E-state index contributed by atoms with van der Waals surface area (Å²) in [4.78, 5) is 14.7. The van der Waals surface area contributed by atoms with Gasteiger partial charge < -0.3 is 19.7 Å². The molecular formula is C21H26N2O3. The molecule has 0 unspecified atom stereocenters. The Morgan fingerprint density at radius 3 is 2.50 bits per heavy atom. The van der Waals surface area contributed by atoms with Crippen LogP contribution in [-0.4, -0.2) is 31.7 Å². The third-order valence-electron chi connectivity index (χ3n) is 4.98. The molecule has 5 heteroatoms. The van der Waals surface area contributed by atoms with Gasteiger partial charge in [-0.05, 0) is 54.2 Å². The van der Waals surface area contributed by atoms with Crippen LogP contribution >= 0.6 is 0 Å². The van der Waals surface area contributed by atoms with Crippen LogP contribution in [0.1, 0.15) is 29.2 Å². The van der Waals surface area contributed by atoms with E-state index in [1.807, 2.05) is 36.1 Å². The molecule has 0 aromatic heterocycles. The topological polar surface area (TPSA) is 50.8 Å². The highest BCUT2D eigenvalue weighted by atomic mass is 16.5. The average molecular weight is 354 g/mol. The van der Waals surface area contributed by atoms with Gasteiger partial charge in [-0.25, -0.2) is 4.79 Å². The highest BCUT2D eigenvalue weighted by molar-refractivity contribution is 5.91. The molecule has 26 heavy (non-hydrogen) atoms. The fourth-order valence-corrected chi connectivity index (χ4v) is 3.44. The Hall–Kier alpha value is -2.69. The summed E-state index contributed by atoms with van der Waals surface area (Å²) in [6.45, 7) is 5.37. The SMILES string of the molecule is CCc1cccc(C)c1NC(=O)N1CCc2cc(OC)c(OC)cc2C1. The summed E-state index contributed by atoms with van der Waals surface area (Å²) in [6.07, 6.45) is 1.69. The Bertz CT molecular complexity index is 817. The normalized spacial score (nSPS) is 13.2. The maximum Gasteiger partial charge on any atom is 0.322 e. The van der Waals surface area contributed by atoms with Gasteiger partial charge in [0.1, 0.15) is 0 Å². The minimum Gasteiger partial charge on any atom is -0.493 e. The van der Waals surface area contributed by atoms with E-state index < -0.39 is 0 Å². The van der Waals surface area contributed by atoms with Crippen molar-refractivity contribution in [1.29, 1.82) is 0 Å². The number of fused-ring (bicyclic) bond motifs is 1. The van der Waals surface area contributed by atoms with Crippen LogP contribution in [0, 0.1) is 6.92 Å². The molecule has 0 radical (unpaired) electrons. The summed E-state index contributed by atoms with van der Waals surface area (Å²) in [5.41, 5.74) is 5.48. The second kappa shape index (κ2) is 7.68. The third kappa shape index (κ3) is 3.47. The van der Waals surface area contributed by atoms with E-state index in [0.29, 0.717) is 18.8 Å². The second-order valence-electron chi connectivity index (χ2n) is 6.54. The van der Waals surface area contributed by atoms with Gasteiger partial charge >= 0.3 is 6.03 Å². The standard InChI is InChI=1S/C21H26N2O3/c1-5-15-8-6-7-14(2)20(15)22-21(24)23-10-9-16-11-18(25-3)19(26-4)12-17(16)13-23/h6-8,11-12H,5,9-10,13H2,1-4H3,(H,22,24). The van der Waals surface area contributed by atoms with Gasteiger partial charge in [0.2, 0.25) is 0 Å². The first-order valence-corrected chi connectivity index (χ1v) is 8.95. The van der Waals surface area contributed by atoms with Gasteiger partial charge in [0.05, 0.1) is 14.2 Å². The van der Waals surface area contributed by atoms with Crippen LogP contribution in [0.5, 0.6) is 11.5 Å². The quantitative estimate of drug-likeness (QED) is 0.897. The van der Waals surface area contributed by atoms with Gasteiger partial charge in [-0.1, -0.05) is 25.1 Å². The molecule has 1 heterocycles. The lowest BCUT2D eigenvalue weighted by molar-refractivity contribution is 0.206. The Balaban J connectivity index is 1.79. The fraction of sp³-hybridized carbons (Fsp3) is 0.381. The number of amides is 2. The number of urea groups is 1. The first kappa shape index (κ1) is 18.1. The molecule has 2 amide bonds. The molecule has 0 fully saturated rings. The van der Waals surface area contributed by atoms with Crippen molar-refractivity contribution in [3.8, 4) is 11.5 Å². The van der Waals surface area contributed by atoms with E-state index in [1.54, 1.807) is 14.2 Å². The largest absolute Gasteiger partial charge is 0.493 e. The van der Waals surface area contributed by atoms with Crippen LogP contribution in [0.2, 0.25) is 0 Å². The molecule has 0 aliphatic carbocycles. The molecule has 0 bridgehead atoms. The Morgan fingerprint density at radius 2 is 1.85 bits per heavy atom. The van der Waals surface area contributed by atoms with Gasteiger partial charge in [-0.2, -0.15) is 0 Å². The van der Waals surface area contributed by atoms with Gasteiger partial charge in [0.15, 0.2) is 11.5 Å². The van der Waals surface area contributed by atoms with Crippen molar-refractivity contribution in [2.45, 2.75) is 33.2 Å². The predicted octanol–water partition coefficient (Wildman–Crippen LogP) is 4.16. The smallest absolute Gasteiger partial charge is 0.322 e. The summed E-state index contributed by atoms with van der Waals surface area (Å²) < 4.78 is 10.8. The first-order chi connectivity index (χ1) is 12.6. The van der Waals surface area contributed by atoms with E-state index in [0.717, 1.165) is 41.0 Å². The van der Waals surface area contributed by atoms with E-state index in [-0.39, 0.29) is 6.03 Å². The summed E-state index contributed by atoms with van der Waals surface area (Å²) in [5, 5.41) is 3.11. The van der Waals surface area contributed by atoms with Crippen molar-refractivity contribution in [2.75, 3.05) is 26.1 Å². The second-order valence-corrected chi connectivity index (χ2v) is 6.54. The zero-order valence-electron chi connectivity index (χ0n) is 15.9. The zero-order valence-corrected chi connectivity index (χ0v) is 15.9. The van der Waals surface area contributed by atoms with Crippen molar-refractivity contribution in [2.24, 2.45) is 0 Å². The number of benzene rings is 2. The number of anilines is 1. The number of ether oxygens (including phenoxy) is 2. The molecule has 138 valence electrons. The van der Waals surface area contributed by atoms with E-state index in [9.17, 15) is 4.79 Å². The first-order valence-electron chi connectivity index (χ1n) is 8.95. The van der Waals surface area contributed by atoms with Gasteiger partial charge in [0.25, 0.3) is 0 Å². The number of carbonyl (C=O) groups is 1. The van der Waals surface area contributed by atoms with Crippen LogP contribution < -0.4 is 14.8 Å². The fourth-order valence-electron chi connectivity index (χ4n) is 3.44. The van der Waals surface area contributed by atoms with Crippen LogP contribution in [-0.2, 0) is 19.4 Å². The van der Waals surface area contributed by atoms with Crippen molar-refractivity contribution >= 4 is 11.7 Å². The minimum atomic E-state index is -0.0607. The lowest BCUT2D eigenvalue weighted by Gasteiger charge is -2.30. The monoisotopic (exact) mass is 354 g/mol. The predicted molar refractivity (Wildman–Crippen MR) is 103 cm³/mol. The highest BCUT2D eigenvalue weighted by Crippen LogP contribution is 2.33. The van der Waals surface area contributed by atoms with Gasteiger partial charge in [-0.3, -0.25) is 0 Å². The molecular weight excluding hydrogens is 328 g/mol. The van der Waals surface area contributed by atoms with Gasteiger partial charge in [-0.15, -0.1) is 0 Å². The summed E-state index contributed by atoms with van der Waals surface area (Å²) in [6, 6.07) is 10.0. The lowest BCUT2D eigenvalue weighted by atomic mass is 9.99. The molecule has 1 aliphatic heterocycles. The van der Waals surface area contributed by atoms with E-state index in [4.69, 9.17) is 9.47 Å². The lowest BCUT2D eigenvalue weighted by Crippen LogP contribution is -2.39. The Kier molecular flexibility index (Phi) is 5.35. The average Bonchev–Trinajstić information content (AvgIpc) is 2.67. The maximum atomic E-state index is 12.8. The number of carbonyl (C=O) groups excluding carboxylic acids is 1. The highest BCUT2D eigenvalue weighted by Gasteiger charge is 2.23. The number of hydrogen-bond donors (Lipinski definition) is 1. The minimum absolute atomic E-state index is 0.0607. The van der Waals surface area contributed by atoms with Crippen LogP contribution in [0.15, 0.2) is 30.3 Å². The number of nitrogens with one attached hydrogen (secondary N) is 1. The van der Waals surface area contributed by atoms with Crippen molar-refractivity contribution in [3.63, 3.8) is 0 Å². The van der Waals surface area contributed by atoms with Crippen LogP contribution in [0.3, 0.4) is 0 Å². The number of hydrogen-bond acceptors (Lipinski definition) is 3. The summed E-state index contributed by atoms with van der Waals surface area (Å²) in [5.74, 6) is 1.43. The number of nitrogens with zero attached hydrogens (tertiary/aromatic N) is 1. The number of methoxy groups -OCH3 is 2. The molecule has 0 spiro atoms. The molecule has 0 saturated heterocycles. The van der Waals surface area contributed by atoms with E-state index in [1.165, 1.54) is 5.56 Å². The van der Waals surface area contributed by atoms with Crippen molar-refractivity contribution in [1.82, 2.24) is 4.90 Å². The summed E-state index contributed by atoms with van der Waals surface area (Å²) in [7, 11) is 3.27. The molecule has 5 nitrogen and oxygen atoms in total. The number of rotatable bonds is 4. The van der Waals surface area contributed by atoms with E-state index in [2.05, 4.69) is 18.3 Å². The molecule has 1 N–H and O–H groups in total. The molecule has 1 aliphatic rings. The molecule has 0 atom stereocenters. The summed E-state index contributed by atoms with van der Waals surface area (Å²) >= 11 is 0. The molecule has 2 aromatic rings. The van der Waals surface area contributed by atoms with Gasteiger partial charge in [0, 0.05) is 18.8 Å². The third-order valence-corrected chi connectivity index (χ3v) is 4.98. The van der Waals surface area contributed by atoms with E-state index >= 15 is 0 Å². The maximum absolute atomic E-state index is 12.8. The zero-order chi connectivity index (χ0) is 18.7. The number of para-hydroxylation sites is 1. The van der Waals surface area contributed by atoms with Crippen molar-refractivity contribution in [3.05, 3.63) is 52.6 Å². The number of aryl methyl sites for hydroxylation is 2.